The lowest BCUT2D eigenvalue weighted by atomic mass is 10.1. The van der Waals surface area contributed by atoms with Crippen molar-refractivity contribution in [2.45, 2.75) is 60.1 Å². The van der Waals surface area contributed by atoms with Crippen LogP contribution < -0.4 is 15.4 Å². The fraction of sp³-hybridized carbons (Fsp3) is 0.524. The van der Waals surface area contributed by atoms with Crippen LogP contribution in [0.15, 0.2) is 27.7 Å². The topological polar surface area (TPSA) is 71.7 Å². The van der Waals surface area contributed by atoms with E-state index < -0.39 is 0 Å². The molecule has 1 aromatic heterocycles. The maximum Gasteiger partial charge on any atom is 0.191 e. The van der Waals surface area contributed by atoms with Crippen LogP contribution in [-0.4, -0.2) is 30.8 Å². The first kappa shape index (κ1) is 20.8. The molecule has 0 amide bonds. The molecule has 0 aliphatic heterocycles. The smallest absolute Gasteiger partial charge is 0.191 e. The molecule has 0 bridgehead atoms. The minimum absolute atomic E-state index is 0.193. The van der Waals surface area contributed by atoms with Crippen LogP contribution in [0.2, 0.25) is 0 Å². The third-order valence-corrected chi connectivity index (χ3v) is 4.64. The number of rotatable bonds is 8. The van der Waals surface area contributed by atoms with E-state index >= 15 is 0 Å². The predicted octanol–water partition coefficient (Wildman–Crippen LogP) is 3.68. The zero-order valence-electron chi connectivity index (χ0n) is 17.3. The van der Waals surface area contributed by atoms with E-state index in [-0.39, 0.29) is 6.10 Å². The number of hydrogen-bond acceptors (Lipinski definition) is 4. The maximum absolute atomic E-state index is 6.08. The van der Waals surface area contributed by atoms with Crippen LogP contribution in [0.5, 0.6) is 5.75 Å². The van der Waals surface area contributed by atoms with Gasteiger partial charge in [0.25, 0.3) is 0 Å². The number of aryl methyl sites for hydroxylation is 3. The maximum atomic E-state index is 6.08. The van der Waals surface area contributed by atoms with E-state index in [1.165, 1.54) is 5.56 Å². The molecule has 0 saturated heterocycles. The highest BCUT2D eigenvalue weighted by molar-refractivity contribution is 5.79. The second-order valence-corrected chi connectivity index (χ2v) is 6.85. The van der Waals surface area contributed by atoms with Crippen molar-refractivity contribution in [2.24, 2.45) is 4.99 Å². The molecule has 148 valence electrons. The highest BCUT2D eigenvalue weighted by Gasteiger charge is 2.10. The van der Waals surface area contributed by atoms with Gasteiger partial charge in [0.1, 0.15) is 11.5 Å². The Morgan fingerprint density at radius 1 is 1.26 bits per heavy atom. The Morgan fingerprint density at radius 3 is 2.67 bits per heavy atom. The van der Waals surface area contributed by atoms with Gasteiger partial charge >= 0.3 is 0 Å². The molecule has 0 spiro atoms. The van der Waals surface area contributed by atoms with Gasteiger partial charge in [-0.15, -0.1) is 0 Å². The first-order valence-electron chi connectivity index (χ1n) is 9.57. The molecule has 2 N–H and O–H groups in total. The zero-order chi connectivity index (χ0) is 19.8. The van der Waals surface area contributed by atoms with Crippen LogP contribution in [-0.2, 0) is 13.0 Å². The molecule has 2 aromatic rings. The Bertz CT molecular complexity index is 748. The molecule has 6 heteroatoms. The highest BCUT2D eigenvalue weighted by atomic mass is 16.5. The number of ether oxygens (including phenoxy) is 1. The zero-order valence-corrected chi connectivity index (χ0v) is 17.3. The average Bonchev–Trinajstić information content (AvgIpc) is 2.97. The van der Waals surface area contributed by atoms with Crippen molar-refractivity contribution < 1.29 is 9.26 Å². The van der Waals surface area contributed by atoms with Gasteiger partial charge in [0.05, 0.1) is 11.8 Å². The summed E-state index contributed by atoms with van der Waals surface area (Å²) < 4.78 is 11.3. The van der Waals surface area contributed by atoms with Crippen molar-refractivity contribution in [3.63, 3.8) is 0 Å². The third kappa shape index (κ3) is 6.01. The minimum Gasteiger partial charge on any atom is -0.490 e. The van der Waals surface area contributed by atoms with E-state index in [4.69, 9.17) is 9.26 Å². The van der Waals surface area contributed by atoms with E-state index in [0.29, 0.717) is 6.54 Å². The fourth-order valence-corrected chi connectivity index (χ4v) is 2.78. The summed E-state index contributed by atoms with van der Waals surface area (Å²) in [6.07, 6.45) is 2.01. The minimum atomic E-state index is 0.193. The number of hydrogen-bond donors (Lipinski definition) is 2. The molecule has 27 heavy (non-hydrogen) atoms. The Hall–Kier alpha value is -2.50. The predicted molar refractivity (Wildman–Crippen MR) is 109 cm³/mol. The molecule has 6 nitrogen and oxygen atoms in total. The Labute approximate surface area is 162 Å². The van der Waals surface area contributed by atoms with Gasteiger partial charge in [-0.25, -0.2) is 0 Å². The molecule has 1 atom stereocenters. The van der Waals surface area contributed by atoms with E-state index in [1.807, 2.05) is 13.8 Å². The summed E-state index contributed by atoms with van der Waals surface area (Å²) in [7, 11) is 1.77. The summed E-state index contributed by atoms with van der Waals surface area (Å²) in [6, 6.07) is 6.31. The van der Waals surface area contributed by atoms with Gasteiger partial charge in [0.15, 0.2) is 5.96 Å². The SMILES string of the molecule is CCC(C)Oc1cc(C)ccc1CNC(=NC)NCCc1c(C)noc1C. The van der Waals surface area contributed by atoms with E-state index in [1.54, 1.807) is 7.05 Å². The van der Waals surface area contributed by atoms with Crippen LogP contribution >= 0.6 is 0 Å². The number of aromatic nitrogens is 1. The third-order valence-electron chi connectivity index (χ3n) is 4.64. The van der Waals surface area contributed by atoms with Crippen molar-refractivity contribution in [3.05, 3.63) is 46.3 Å². The number of aliphatic imine (C=N–C) groups is 1. The van der Waals surface area contributed by atoms with Crippen molar-refractivity contribution in [1.82, 2.24) is 15.8 Å². The second kappa shape index (κ2) is 10.00. The highest BCUT2D eigenvalue weighted by Crippen LogP contribution is 2.22. The Kier molecular flexibility index (Phi) is 7.70. The molecular formula is C21H32N4O2. The second-order valence-electron chi connectivity index (χ2n) is 6.85. The first-order chi connectivity index (χ1) is 12.9. The quantitative estimate of drug-likeness (QED) is 0.546. The fourth-order valence-electron chi connectivity index (χ4n) is 2.78. The average molecular weight is 373 g/mol. The normalized spacial score (nSPS) is 12.7. The standard InChI is InChI=1S/C21H32N4O2/c1-7-15(3)26-20-12-14(2)8-9-18(20)13-24-21(22-6)23-11-10-19-16(4)25-27-17(19)5/h8-9,12,15H,7,10-11,13H2,1-6H3,(H2,22,23,24). The van der Waals surface area contributed by atoms with Crippen LogP contribution in [0, 0.1) is 20.8 Å². The van der Waals surface area contributed by atoms with Crippen molar-refractivity contribution in [1.29, 1.82) is 0 Å². The van der Waals surface area contributed by atoms with Crippen LogP contribution in [0.25, 0.3) is 0 Å². The Balaban J connectivity index is 1.92. The molecule has 0 aliphatic rings. The van der Waals surface area contributed by atoms with Gasteiger partial charge in [0, 0.05) is 31.3 Å². The number of nitrogens with one attached hydrogen (secondary N) is 2. The number of nitrogens with zero attached hydrogens (tertiary/aromatic N) is 2. The lowest BCUT2D eigenvalue weighted by Gasteiger charge is -2.18. The Morgan fingerprint density at radius 2 is 2.04 bits per heavy atom. The van der Waals surface area contributed by atoms with Gasteiger partial charge in [0.2, 0.25) is 0 Å². The molecule has 1 unspecified atom stereocenters. The lowest BCUT2D eigenvalue weighted by molar-refractivity contribution is 0.215. The van der Waals surface area contributed by atoms with E-state index in [0.717, 1.165) is 53.7 Å². The van der Waals surface area contributed by atoms with Gasteiger partial charge in [-0.05, 0) is 52.2 Å². The summed E-state index contributed by atoms with van der Waals surface area (Å²) in [5, 5.41) is 10.7. The molecule has 2 rings (SSSR count). The van der Waals surface area contributed by atoms with Gasteiger partial charge in [-0.1, -0.05) is 24.2 Å². The largest absolute Gasteiger partial charge is 0.490 e. The molecule has 0 saturated carbocycles. The molecule has 1 aromatic carbocycles. The molecule has 1 heterocycles. The number of guanidine groups is 1. The van der Waals surface area contributed by atoms with Crippen molar-refractivity contribution >= 4 is 5.96 Å². The molecule has 0 radical (unpaired) electrons. The van der Waals surface area contributed by atoms with E-state index in [9.17, 15) is 0 Å². The number of benzene rings is 1. The monoisotopic (exact) mass is 372 g/mol. The van der Waals surface area contributed by atoms with Gasteiger partial charge in [-0.2, -0.15) is 0 Å². The first-order valence-corrected chi connectivity index (χ1v) is 9.57. The summed E-state index contributed by atoms with van der Waals surface area (Å²) in [6.45, 7) is 11.6. The van der Waals surface area contributed by atoms with Crippen molar-refractivity contribution in [2.75, 3.05) is 13.6 Å². The summed E-state index contributed by atoms with van der Waals surface area (Å²) in [5.41, 5.74) is 4.41. The van der Waals surface area contributed by atoms with Gasteiger partial charge in [-0.3, -0.25) is 4.99 Å². The molecule has 0 fully saturated rings. The van der Waals surface area contributed by atoms with Crippen molar-refractivity contribution in [3.8, 4) is 5.75 Å². The summed E-state index contributed by atoms with van der Waals surface area (Å²) in [5.74, 6) is 2.57. The lowest BCUT2D eigenvalue weighted by Crippen LogP contribution is -2.38. The van der Waals surface area contributed by atoms with Crippen LogP contribution in [0.3, 0.4) is 0 Å². The van der Waals surface area contributed by atoms with Gasteiger partial charge < -0.3 is 19.9 Å². The van der Waals surface area contributed by atoms with Crippen LogP contribution in [0.4, 0.5) is 0 Å². The molecule has 0 aliphatic carbocycles. The summed E-state index contributed by atoms with van der Waals surface area (Å²) in [4.78, 5) is 4.31. The summed E-state index contributed by atoms with van der Waals surface area (Å²) >= 11 is 0. The molecular weight excluding hydrogens is 340 g/mol. The van der Waals surface area contributed by atoms with Crippen LogP contribution in [0.1, 0.15) is 48.4 Å². The van der Waals surface area contributed by atoms with E-state index in [2.05, 4.69) is 59.8 Å².